The monoisotopic (exact) mass is 281 g/mol. The van der Waals surface area contributed by atoms with Crippen molar-refractivity contribution >= 4 is 22.8 Å². The number of nitrogens with two attached hydrogens (primary N) is 1. The van der Waals surface area contributed by atoms with Gasteiger partial charge in [0.2, 0.25) is 0 Å². The van der Waals surface area contributed by atoms with Crippen molar-refractivity contribution in [2.75, 3.05) is 11.1 Å². The lowest BCUT2D eigenvalue weighted by Crippen LogP contribution is -1.99. The highest BCUT2D eigenvalue weighted by Crippen LogP contribution is 2.21. The van der Waals surface area contributed by atoms with Gasteiger partial charge in [-0.2, -0.15) is 4.98 Å². The third-order valence-corrected chi connectivity index (χ3v) is 3.50. The second-order valence-corrected chi connectivity index (χ2v) is 5.50. The van der Waals surface area contributed by atoms with Crippen LogP contribution in [0.4, 0.5) is 11.7 Å². The topological polar surface area (TPSA) is 64.1 Å². The van der Waals surface area contributed by atoms with Crippen molar-refractivity contribution in [2.24, 2.45) is 0 Å². The fraction of sp³-hybridized carbons (Fsp3) is 0.235. The predicted octanol–water partition coefficient (Wildman–Crippen LogP) is 4.15. The zero-order valence-corrected chi connectivity index (χ0v) is 12.3. The van der Waals surface area contributed by atoms with E-state index in [4.69, 9.17) is 10.2 Å². The van der Waals surface area contributed by atoms with Crippen molar-refractivity contribution in [1.29, 1.82) is 0 Å². The van der Waals surface area contributed by atoms with Gasteiger partial charge in [-0.1, -0.05) is 38.1 Å². The largest absolute Gasteiger partial charge is 0.423 e. The Morgan fingerprint density at radius 1 is 1.14 bits per heavy atom. The highest BCUT2D eigenvalue weighted by Gasteiger charge is 2.06. The highest BCUT2D eigenvalue weighted by molar-refractivity contribution is 5.78. The van der Waals surface area contributed by atoms with E-state index in [-0.39, 0.29) is 0 Å². The maximum absolute atomic E-state index is 5.73. The van der Waals surface area contributed by atoms with E-state index in [1.165, 1.54) is 11.1 Å². The minimum atomic E-state index is 0.517. The fourth-order valence-corrected chi connectivity index (χ4v) is 2.21. The Labute approximate surface area is 124 Å². The van der Waals surface area contributed by atoms with Gasteiger partial charge in [-0.05, 0) is 29.2 Å². The van der Waals surface area contributed by atoms with Gasteiger partial charge < -0.3 is 15.5 Å². The highest BCUT2D eigenvalue weighted by atomic mass is 16.4. The second kappa shape index (κ2) is 5.48. The summed E-state index contributed by atoms with van der Waals surface area (Å²) in [5.74, 6) is 0.550. The predicted molar refractivity (Wildman–Crippen MR) is 86.3 cm³/mol. The van der Waals surface area contributed by atoms with Gasteiger partial charge in [-0.15, -0.1) is 0 Å². The molecule has 4 nitrogen and oxygen atoms in total. The molecule has 0 aliphatic rings. The summed E-state index contributed by atoms with van der Waals surface area (Å²) in [7, 11) is 0. The van der Waals surface area contributed by atoms with Gasteiger partial charge in [0.15, 0.2) is 5.58 Å². The molecule has 0 aliphatic heterocycles. The summed E-state index contributed by atoms with van der Waals surface area (Å²) in [6.07, 6.45) is 0. The van der Waals surface area contributed by atoms with E-state index in [1.807, 2.05) is 12.1 Å². The molecule has 0 saturated heterocycles. The molecule has 1 heterocycles. The van der Waals surface area contributed by atoms with Crippen LogP contribution in [0.5, 0.6) is 0 Å². The molecule has 21 heavy (non-hydrogen) atoms. The van der Waals surface area contributed by atoms with Crippen LogP contribution in [0.1, 0.15) is 30.9 Å². The van der Waals surface area contributed by atoms with E-state index in [0.717, 1.165) is 5.52 Å². The summed E-state index contributed by atoms with van der Waals surface area (Å²) in [5.41, 5.74) is 10.5. The summed E-state index contributed by atoms with van der Waals surface area (Å²) in [6.45, 7) is 5.06. The molecular weight excluding hydrogens is 262 g/mol. The minimum Gasteiger partial charge on any atom is -0.423 e. The van der Waals surface area contributed by atoms with Gasteiger partial charge in [-0.25, -0.2) is 0 Å². The molecule has 0 unspecified atom stereocenters. The van der Waals surface area contributed by atoms with Crippen LogP contribution >= 0.6 is 0 Å². The molecule has 0 spiro atoms. The molecule has 0 fully saturated rings. The van der Waals surface area contributed by atoms with Crippen molar-refractivity contribution in [1.82, 2.24) is 4.98 Å². The molecule has 0 amide bonds. The summed E-state index contributed by atoms with van der Waals surface area (Å²) < 4.78 is 5.63. The molecule has 0 atom stereocenters. The molecule has 3 N–H and O–H groups in total. The lowest BCUT2D eigenvalue weighted by atomic mass is 10.0. The lowest BCUT2D eigenvalue weighted by Gasteiger charge is -2.07. The molecular formula is C17H19N3O. The minimum absolute atomic E-state index is 0.517. The normalized spacial score (nSPS) is 11.2. The van der Waals surface area contributed by atoms with Crippen LogP contribution in [-0.2, 0) is 6.54 Å². The summed E-state index contributed by atoms with van der Waals surface area (Å²) >= 11 is 0. The number of fused-ring (bicyclic) bond motifs is 1. The Bertz CT molecular complexity index is 744. The molecule has 0 bridgehead atoms. The van der Waals surface area contributed by atoms with Crippen LogP contribution < -0.4 is 11.1 Å². The van der Waals surface area contributed by atoms with Crippen LogP contribution in [0.3, 0.4) is 0 Å². The standard InChI is InChI=1S/C17H19N3O/c1-11(2)13-5-3-12(4-6-13)10-19-17-20-15-8-7-14(18)9-16(15)21-17/h3-9,11H,10,18H2,1-2H3,(H,19,20). The van der Waals surface area contributed by atoms with Crippen molar-refractivity contribution in [3.63, 3.8) is 0 Å². The average Bonchev–Trinajstić information content (AvgIpc) is 2.87. The van der Waals surface area contributed by atoms with Crippen LogP contribution in [-0.4, -0.2) is 4.98 Å². The van der Waals surface area contributed by atoms with E-state index in [1.54, 1.807) is 6.07 Å². The van der Waals surface area contributed by atoms with Crippen LogP contribution in [0.2, 0.25) is 0 Å². The number of oxazole rings is 1. The summed E-state index contributed by atoms with van der Waals surface area (Å²) in [4.78, 5) is 4.38. The second-order valence-electron chi connectivity index (χ2n) is 5.50. The van der Waals surface area contributed by atoms with E-state index >= 15 is 0 Å². The van der Waals surface area contributed by atoms with Crippen molar-refractivity contribution in [3.8, 4) is 0 Å². The van der Waals surface area contributed by atoms with E-state index < -0.39 is 0 Å². The average molecular weight is 281 g/mol. The number of nitrogen functional groups attached to an aromatic ring is 1. The maximum atomic E-state index is 5.73. The number of anilines is 2. The third kappa shape index (κ3) is 2.99. The Morgan fingerprint density at radius 3 is 2.62 bits per heavy atom. The molecule has 4 heteroatoms. The van der Waals surface area contributed by atoms with Gasteiger partial charge in [0.05, 0.1) is 0 Å². The third-order valence-electron chi connectivity index (χ3n) is 3.50. The first-order chi connectivity index (χ1) is 10.1. The zero-order chi connectivity index (χ0) is 14.8. The zero-order valence-electron chi connectivity index (χ0n) is 12.3. The Hall–Kier alpha value is -2.49. The molecule has 108 valence electrons. The van der Waals surface area contributed by atoms with E-state index in [2.05, 4.69) is 48.4 Å². The number of aromatic nitrogens is 1. The summed E-state index contributed by atoms with van der Waals surface area (Å²) in [5, 5.41) is 3.20. The molecule has 3 aromatic rings. The molecule has 0 aliphatic carbocycles. The lowest BCUT2D eigenvalue weighted by molar-refractivity contribution is 0.614. The quantitative estimate of drug-likeness (QED) is 0.705. The van der Waals surface area contributed by atoms with Crippen molar-refractivity contribution in [3.05, 3.63) is 53.6 Å². The van der Waals surface area contributed by atoms with Crippen molar-refractivity contribution in [2.45, 2.75) is 26.3 Å². The molecule has 1 aromatic heterocycles. The number of hydrogen-bond acceptors (Lipinski definition) is 4. The van der Waals surface area contributed by atoms with Gasteiger partial charge in [0.25, 0.3) is 6.01 Å². The number of benzene rings is 2. The van der Waals surface area contributed by atoms with Crippen molar-refractivity contribution < 1.29 is 4.42 Å². The van der Waals surface area contributed by atoms with Crippen LogP contribution in [0.15, 0.2) is 46.9 Å². The number of hydrogen-bond donors (Lipinski definition) is 2. The first-order valence-electron chi connectivity index (χ1n) is 7.10. The molecule has 2 aromatic carbocycles. The number of nitrogens with zero attached hydrogens (tertiary/aromatic N) is 1. The first-order valence-corrected chi connectivity index (χ1v) is 7.10. The van der Waals surface area contributed by atoms with Crippen LogP contribution in [0, 0.1) is 0 Å². The maximum Gasteiger partial charge on any atom is 0.295 e. The Morgan fingerprint density at radius 2 is 1.90 bits per heavy atom. The van der Waals surface area contributed by atoms with Crippen LogP contribution in [0.25, 0.3) is 11.1 Å². The van der Waals surface area contributed by atoms with Gasteiger partial charge in [0.1, 0.15) is 5.52 Å². The van der Waals surface area contributed by atoms with Gasteiger partial charge in [0, 0.05) is 18.3 Å². The fourth-order valence-electron chi connectivity index (χ4n) is 2.21. The van der Waals surface area contributed by atoms with E-state index in [0.29, 0.717) is 29.7 Å². The van der Waals surface area contributed by atoms with Gasteiger partial charge >= 0.3 is 0 Å². The Balaban J connectivity index is 1.71. The smallest absolute Gasteiger partial charge is 0.295 e. The number of rotatable bonds is 4. The summed E-state index contributed by atoms with van der Waals surface area (Å²) in [6, 6.07) is 14.6. The van der Waals surface area contributed by atoms with Gasteiger partial charge in [-0.3, -0.25) is 0 Å². The Kier molecular flexibility index (Phi) is 3.52. The number of nitrogens with one attached hydrogen (secondary N) is 1. The molecule has 0 saturated carbocycles. The first kappa shape index (κ1) is 13.5. The van der Waals surface area contributed by atoms with E-state index in [9.17, 15) is 0 Å². The molecule has 0 radical (unpaired) electrons. The molecule has 3 rings (SSSR count). The SMILES string of the molecule is CC(C)c1ccc(CNc2nc3ccc(N)cc3o2)cc1.